The summed E-state index contributed by atoms with van der Waals surface area (Å²) in [5, 5.41) is 4.02. The zero-order valence-electron chi connectivity index (χ0n) is 19.3. The highest BCUT2D eigenvalue weighted by Gasteiger charge is 2.43. The number of fused-ring (bicyclic) bond motifs is 1. The van der Waals surface area contributed by atoms with Crippen LogP contribution in [0.1, 0.15) is 53.0 Å². The van der Waals surface area contributed by atoms with E-state index in [1.165, 1.54) is 0 Å². The summed E-state index contributed by atoms with van der Waals surface area (Å²) in [6.45, 7) is 2.66. The second-order valence-corrected chi connectivity index (χ2v) is 9.07. The molecule has 1 aliphatic carbocycles. The Balaban J connectivity index is 1.76. The molecule has 6 nitrogen and oxygen atoms in total. The molecule has 1 aliphatic rings. The van der Waals surface area contributed by atoms with Crippen molar-refractivity contribution in [2.24, 2.45) is 0 Å². The summed E-state index contributed by atoms with van der Waals surface area (Å²) in [6.07, 6.45) is 5.22. The molecule has 1 fully saturated rings. The van der Waals surface area contributed by atoms with Crippen LogP contribution in [0.15, 0.2) is 59.4 Å². The van der Waals surface area contributed by atoms with Gasteiger partial charge in [-0.2, -0.15) is 0 Å². The van der Waals surface area contributed by atoms with Crippen LogP contribution in [-0.2, 0) is 5.41 Å². The van der Waals surface area contributed by atoms with Gasteiger partial charge in [0.2, 0.25) is 0 Å². The molecule has 0 saturated heterocycles. The van der Waals surface area contributed by atoms with Crippen molar-refractivity contribution in [3.05, 3.63) is 94.9 Å². The lowest BCUT2D eigenvalue weighted by molar-refractivity contribution is 0.383. The molecule has 6 rings (SSSR count). The van der Waals surface area contributed by atoms with E-state index in [0.717, 1.165) is 12.8 Å². The highest BCUT2D eigenvalue weighted by Crippen LogP contribution is 2.46. The molecular formula is C27H23F2N5O. The monoisotopic (exact) mass is 471 g/mol. The third-order valence-corrected chi connectivity index (χ3v) is 6.85. The van der Waals surface area contributed by atoms with Gasteiger partial charge in [0.1, 0.15) is 29.2 Å². The fraction of sp³-hybridized carbons (Fsp3) is 0.259. The average molecular weight is 472 g/mol. The van der Waals surface area contributed by atoms with Crippen molar-refractivity contribution in [1.82, 2.24) is 25.1 Å². The Labute approximate surface area is 200 Å². The first-order valence-electron chi connectivity index (χ1n) is 11.6. The summed E-state index contributed by atoms with van der Waals surface area (Å²) in [6, 6.07) is 12.4. The van der Waals surface area contributed by atoms with Gasteiger partial charge in [0.25, 0.3) is 0 Å². The lowest BCUT2D eigenvalue weighted by Crippen LogP contribution is -2.34. The normalized spacial score (nSPS) is 14.1. The van der Waals surface area contributed by atoms with Gasteiger partial charge in [-0.3, -0.25) is 9.97 Å². The Morgan fingerprint density at radius 1 is 1.06 bits per heavy atom. The Morgan fingerprint density at radius 2 is 1.74 bits per heavy atom. The van der Waals surface area contributed by atoms with Crippen LogP contribution in [0, 0.1) is 19.7 Å². The molecule has 4 heterocycles. The van der Waals surface area contributed by atoms with Crippen LogP contribution in [0.5, 0.6) is 0 Å². The molecule has 0 radical (unpaired) electrons. The second-order valence-electron chi connectivity index (χ2n) is 9.07. The van der Waals surface area contributed by atoms with E-state index in [4.69, 9.17) is 9.51 Å². The van der Waals surface area contributed by atoms with Crippen LogP contribution in [0.4, 0.5) is 8.78 Å². The first-order valence-corrected chi connectivity index (χ1v) is 11.6. The molecule has 5 aromatic rings. The summed E-state index contributed by atoms with van der Waals surface area (Å²) in [5.41, 5.74) is 2.02. The van der Waals surface area contributed by atoms with Crippen LogP contribution >= 0.6 is 0 Å². The summed E-state index contributed by atoms with van der Waals surface area (Å²) >= 11 is 0. The summed E-state index contributed by atoms with van der Waals surface area (Å²) in [4.78, 5) is 17.1. The third kappa shape index (κ3) is 3.27. The number of pyridine rings is 2. The summed E-state index contributed by atoms with van der Waals surface area (Å²) < 4.78 is 37.0. The topological polar surface area (TPSA) is 80.5 Å². The predicted molar refractivity (Wildman–Crippen MR) is 127 cm³/mol. The third-order valence-electron chi connectivity index (χ3n) is 6.85. The van der Waals surface area contributed by atoms with Crippen molar-refractivity contribution in [3.8, 4) is 11.1 Å². The minimum Gasteiger partial charge on any atom is -0.361 e. The number of imidazole rings is 1. The number of H-pyrrole nitrogens is 1. The zero-order chi connectivity index (χ0) is 24.2. The van der Waals surface area contributed by atoms with Crippen molar-refractivity contribution in [2.45, 2.75) is 38.0 Å². The number of aromatic amines is 1. The highest BCUT2D eigenvalue weighted by molar-refractivity contribution is 5.89. The largest absolute Gasteiger partial charge is 0.361 e. The number of nitrogens with one attached hydrogen (secondary N) is 1. The molecule has 0 aliphatic heterocycles. The van der Waals surface area contributed by atoms with Gasteiger partial charge in [-0.25, -0.2) is 13.8 Å². The van der Waals surface area contributed by atoms with E-state index in [0.29, 0.717) is 45.3 Å². The van der Waals surface area contributed by atoms with E-state index >= 15 is 8.78 Å². The van der Waals surface area contributed by atoms with E-state index in [2.05, 4.69) is 20.1 Å². The van der Waals surface area contributed by atoms with Gasteiger partial charge in [0.15, 0.2) is 5.82 Å². The summed E-state index contributed by atoms with van der Waals surface area (Å²) in [7, 11) is 0. The van der Waals surface area contributed by atoms with Crippen LogP contribution < -0.4 is 0 Å². The van der Waals surface area contributed by atoms with Gasteiger partial charge in [0, 0.05) is 29.4 Å². The molecule has 1 N–H and O–H groups in total. The van der Waals surface area contributed by atoms with Crippen molar-refractivity contribution in [2.75, 3.05) is 6.67 Å². The molecule has 0 spiro atoms. The summed E-state index contributed by atoms with van der Waals surface area (Å²) in [5.74, 6) is 0.981. The fourth-order valence-electron chi connectivity index (χ4n) is 4.93. The van der Waals surface area contributed by atoms with Gasteiger partial charge in [-0.05, 0) is 57.0 Å². The van der Waals surface area contributed by atoms with Crippen molar-refractivity contribution < 1.29 is 13.3 Å². The maximum atomic E-state index is 16.1. The van der Waals surface area contributed by atoms with Gasteiger partial charge >= 0.3 is 0 Å². The molecular weight excluding hydrogens is 448 g/mol. The minimum atomic E-state index is -1.40. The molecule has 35 heavy (non-hydrogen) atoms. The number of rotatable bonds is 6. The van der Waals surface area contributed by atoms with Gasteiger partial charge in [-0.1, -0.05) is 17.3 Å². The molecule has 1 saturated carbocycles. The molecule has 8 heteroatoms. The van der Waals surface area contributed by atoms with Gasteiger partial charge < -0.3 is 9.51 Å². The van der Waals surface area contributed by atoms with Crippen LogP contribution in [0.3, 0.4) is 0 Å². The van der Waals surface area contributed by atoms with Crippen molar-refractivity contribution in [3.63, 3.8) is 0 Å². The molecule has 0 bridgehead atoms. The predicted octanol–water partition coefficient (Wildman–Crippen LogP) is 5.95. The van der Waals surface area contributed by atoms with Crippen LogP contribution in [0.25, 0.3) is 22.2 Å². The van der Waals surface area contributed by atoms with Crippen molar-refractivity contribution >= 4 is 11.0 Å². The minimum absolute atomic E-state index is 0.240. The maximum absolute atomic E-state index is 16.1. The number of halogens is 2. The Morgan fingerprint density at radius 3 is 2.26 bits per heavy atom. The maximum Gasteiger partial charge on any atom is 0.156 e. The lowest BCUT2D eigenvalue weighted by atomic mass is 9.73. The Bertz CT molecular complexity index is 1470. The number of nitrogens with zero attached hydrogens (tertiary/aromatic N) is 4. The van der Waals surface area contributed by atoms with E-state index in [1.807, 2.05) is 12.1 Å². The molecule has 176 valence electrons. The zero-order valence-corrected chi connectivity index (χ0v) is 19.3. The molecule has 0 atom stereocenters. The van der Waals surface area contributed by atoms with E-state index in [9.17, 15) is 0 Å². The SMILES string of the molecule is Cc1noc(C)c1-c1cc(C(CF)(c2ccccn2)c2ccccn2)c2nc(C3CC3)[nH]c2c1F. The van der Waals surface area contributed by atoms with Crippen LogP contribution in [-0.4, -0.2) is 31.8 Å². The lowest BCUT2D eigenvalue weighted by Gasteiger charge is -2.31. The number of aryl methyl sites for hydroxylation is 2. The van der Waals surface area contributed by atoms with Gasteiger partial charge in [-0.15, -0.1) is 0 Å². The standard InChI is InChI=1S/C27H23F2N5O/c1-15-22(16(2)35-34-15)18-13-19(24-25(23(18)29)33-26(32-24)17-9-10-17)27(14-28,20-7-3-5-11-30-20)21-8-4-6-12-31-21/h3-8,11-13,17H,9-10,14H2,1-2H3,(H,32,33). The average Bonchev–Trinajstić information content (AvgIpc) is 3.56. The molecule has 0 amide bonds. The highest BCUT2D eigenvalue weighted by atomic mass is 19.1. The number of alkyl halides is 1. The Kier molecular flexibility index (Phi) is 4.98. The number of aromatic nitrogens is 5. The Hall–Kier alpha value is -3.94. The molecule has 0 unspecified atom stereocenters. The quantitative estimate of drug-likeness (QED) is 0.331. The molecule has 1 aromatic carbocycles. The smallest absolute Gasteiger partial charge is 0.156 e. The van der Waals surface area contributed by atoms with Crippen molar-refractivity contribution in [1.29, 1.82) is 0 Å². The number of benzene rings is 1. The van der Waals surface area contributed by atoms with E-state index in [1.54, 1.807) is 56.6 Å². The number of hydrogen-bond donors (Lipinski definition) is 1. The second kappa shape index (κ2) is 8.08. The first kappa shape index (κ1) is 21.6. The van der Waals surface area contributed by atoms with Gasteiger partial charge in [0.05, 0.1) is 28.2 Å². The van der Waals surface area contributed by atoms with Crippen LogP contribution in [0.2, 0.25) is 0 Å². The number of hydrogen-bond acceptors (Lipinski definition) is 5. The fourth-order valence-corrected chi connectivity index (χ4v) is 4.93. The molecule has 4 aromatic heterocycles. The van der Waals surface area contributed by atoms with E-state index < -0.39 is 17.9 Å². The van der Waals surface area contributed by atoms with E-state index in [-0.39, 0.29) is 17.0 Å². The first-order chi connectivity index (χ1) is 17.0.